The van der Waals surface area contributed by atoms with Gasteiger partial charge in [0, 0.05) is 10.5 Å². The summed E-state index contributed by atoms with van der Waals surface area (Å²) in [5, 5.41) is 10.8. The third kappa shape index (κ3) is 3.73. The summed E-state index contributed by atoms with van der Waals surface area (Å²) in [6.07, 6.45) is 0. The van der Waals surface area contributed by atoms with Crippen molar-refractivity contribution in [2.75, 3.05) is 12.5 Å². The largest absolute Gasteiger partial charge is 0.467 e. The first-order valence-corrected chi connectivity index (χ1v) is 6.20. The van der Waals surface area contributed by atoms with Crippen molar-refractivity contribution >= 4 is 27.6 Å². The Morgan fingerprint density at radius 1 is 1.29 bits per heavy atom. The highest BCUT2D eigenvalue weighted by molar-refractivity contribution is 9.10. The number of rotatable bonds is 5. The number of non-ortho nitro benzene ring substituents is 1. The van der Waals surface area contributed by atoms with Gasteiger partial charge >= 0.3 is 12.0 Å². The van der Waals surface area contributed by atoms with E-state index in [0.29, 0.717) is 4.47 Å². The second-order valence-corrected chi connectivity index (χ2v) is 4.49. The van der Waals surface area contributed by atoms with Gasteiger partial charge in [0.2, 0.25) is 5.95 Å². The predicted octanol–water partition coefficient (Wildman–Crippen LogP) is 1.63. The standard InChI is InChI=1S/C10H9BrN6O4/c1-20-9-13-8(16-12)14-10(15-9)21-7-3-5(11)2-6(4-7)17(18)19/h2-4H,12H2,1H3,(H,13,14,15,16). The summed E-state index contributed by atoms with van der Waals surface area (Å²) in [7, 11) is 1.36. The number of hydrazine groups is 1. The maximum absolute atomic E-state index is 10.8. The first-order chi connectivity index (χ1) is 10.0. The molecule has 2 aromatic rings. The number of benzene rings is 1. The van der Waals surface area contributed by atoms with Gasteiger partial charge < -0.3 is 9.47 Å². The Balaban J connectivity index is 2.35. The van der Waals surface area contributed by atoms with Crippen molar-refractivity contribution in [2.45, 2.75) is 0 Å². The van der Waals surface area contributed by atoms with Gasteiger partial charge in [-0.25, -0.2) is 5.84 Å². The molecule has 21 heavy (non-hydrogen) atoms. The van der Waals surface area contributed by atoms with Crippen LogP contribution in [0.15, 0.2) is 22.7 Å². The number of nitrogens with two attached hydrogens (primary N) is 1. The number of nitro benzene ring substituents is 1. The molecule has 0 saturated carbocycles. The molecule has 2 rings (SSSR count). The Labute approximate surface area is 126 Å². The van der Waals surface area contributed by atoms with E-state index in [1.54, 1.807) is 0 Å². The summed E-state index contributed by atoms with van der Waals surface area (Å²) < 4.78 is 10.7. The minimum absolute atomic E-state index is 0.0163. The number of halogens is 1. The molecular formula is C10H9BrN6O4. The van der Waals surface area contributed by atoms with E-state index in [4.69, 9.17) is 15.3 Å². The van der Waals surface area contributed by atoms with E-state index in [-0.39, 0.29) is 29.4 Å². The number of anilines is 1. The summed E-state index contributed by atoms with van der Waals surface area (Å²) in [6, 6.07) is 3.96. The SMILES string of the molecule is COc1nc(NN)nc(Oc2cc(Br)cc([N+](=O)[O-])c2)n1. The fraction of sp³-hybridized carbons (Fsp3) is 0.100. The molecule has 1 heterocycles. The van der Waals surface area contributed by atoms with Gasteiger partial charge in [-0.15, -0.1) is 4.98 Å². The zero-order valence-electron chi connectivity index (χ0n) is 10.6. The van der Waals surface area contributed by atoms with Gasteiger partial charge in [-0.3, -0.25) is 15.5 Å². The number of aromatic nitrogens is 3. The number of nitro groups is 1. The van der Waals surface area contributed by atoms with Crippen molar-refractivity contribution in [3.05, 3.63) is 32.8 Å². The molecule has 0 radical (unpaired) electrons. The predicted molar refractivity (Wildman–Crippen MR) is 75.1 cm³/mol. The summed E-state index contributed by atoms with van der Waals surface area (Å²) >= 11 is 3.16. The molecule has 0 spiro atoms. The van der Waals surface area contributed by atoms with Crippen LogP contribution in [-0.2, 0) is 0 Å². The van der Waals surface area contributed by atoms with Crippen molar-refractivity contribution in [1.82, 2.24) is 15.0 Å². The molecule has 0 aliphatic carbocycles. The molecule has 0 saturated heterocycles. The molecule has 10 nitrogen and oxygen atoms in total. The Morgan fingerprint density at radius 2 is 2.00 bits per heavy atom. The Hall–Kier alpha value is -2.53. The van der Waals surface area contributed by atoms with Gasteiger partial charge in [0.1, 0.15) is 5.75 Å². The highest BCUT2D eigenvalue weighted by Crippen LogP contribution is 2.29. The monoisotopic (exact) mass is 356 g/mol. The Bertz CT molecular complexity index is 660. The van der Waals surface area contributed by atoms with E-state index in [2.05, 4.69) is 36.3 Å². The van der Waals surface area contributed by atoms with Crippen LogP contribution >= 0.6 is 15.9 Å². The Kier molecular flexibility index (Phi) is 4.45. The van der Waals surface area contributed by atoms with Crippen LogP contribution in [0.4, 0.5) is 11.6 Å². The molecule has 0 fully saturated rings. The lowest BCUT2D eigenvalue weighted by Gasteiger charge is -2.07. The first kappa shape index (κ1) is 14.9. The van der Waals surface area contributed by atoms with Gasteiger partial charge in [0.15, 0.2) is 0 Å². The second-order valence-electron chi connectivity index (χ2n) is 3.58. The molecule has 1 aromatic heterocycles. The van der Waals surface area contributed by atoms with Crippen LogP contribution in [0.3, 0.4) is 0 Å². The zero-order valence-corrected chi connectivity index (χ0v) is 12.2. The third-order valence-electron chi connectivity index (χ3n) is 2.18. The molecule has 0 unspecified atom stereocenters. The topological polar surface area (TPSA) is 138 Å². The molecular weight excluding hydrogens is 348 g/mol. The average Bonchev–Trinajstić information content (AvgIpc) is 2.46. The molecule has 0 aliphatic rings. The molecule has 3 N–H and O–H groups in total. The van der Waals surface area contributed by atoms with Crippen LogP contribution in [0.2, 0.25) is 0 Å². The van der Waals surface area contributed by atoms with Crippen LogP contribution in [0.1, 0.15) is 0 Å². The quantitative estimate of drug-likeness (QED) is 0.464. The highest BCUT2D eigenvalue weighted by atomic mass is 79.9. The van der Waals surface area contributed by atoms with E-state index >= 15 is 0 Å². The lowest BCUT2D eigenvalue weighted by molar-refractivity contribution is -0.385. The van der Waals surface area contributed by atoms with E-state index in [1.165, 1.54) is 25.3 Å². The van der Waals surface area contributed by atoms with Gasteiger partial charge in [-0.1, -0.05) is 15.9 Å². The van der Waals surface area contributed by atoms with Gasteiger partial charge in [0.05, 0.1) is 18.1 Å². The number of nitrogens with zero attached hydrogens (tertiary/aromatic N) is 4. The first-order valence-electron chi connectivity index (χ1n) is 5.41. The fourth-order valence-corrected chi connectivity index (χ4v) is 1.82. The van der Waals surface area contributed by atoms with Crippen LogP contribution in [-0.4, -0.2) is 27.0 Å². The minimum Gasteiger partial charge on any atom is -0.467 e. The number of nitrogens with one attached hydrogen (secondary N) is 1. The van der Waals surface area contributed by atoms with Crippen LogP contribution in [0, 0.1) is 10.1 Å². The molecule has 110 valence electrons. The molecule has 0 amide bonds. The zero-order chi connectivity index (χ0) is 15.4. The van der Waals surface area contributed by atoms with E-state index in [0.717, 1.165) is 0 Å². The molecule has 0 aliphatic heterocycles. The van der Waals surface area contributed by atoms with Crippen LogP contribution in [0.5, 0.6) is 17.8 Å². The smallest absolute Gasteiger partial charge is 0.330 e. The Morgan fingerprint density at radius 3 is 2.62 bits per heavy atom. The van der Waals surface area contributed by atoms with E-state index < -0.39 is 4.92 Å². The summed E-state index contributed by atoms with van der Waals surface area (Å²) in [4.78, 5) is 21.8. The van der Waals surface area contributed by atoms with E-state index in [1.807, 2.05) is 0 Å². The van der Waals surface area contributed by atoms with Gasteiger partial charge in [-0.2, -0.15) is 9.97 Å². The van der Waals surface area contributed by atoms with Gasteiger partial charge in [0.25, 0.3) is 5.69 Å². The van der Waals surface area contributed by atoms with Gasteiger partial charge in [-0.05, 0) is 6.07 Å². The van der Waals surface area contributed by atoms with E-state index in [9.17, 15) is 10.1 Å². The molecule has 1 aromatic carbocycles. The second kappa shape index (κ2) is 6.28. The maximum atomic E-state index is 10.8. The summed E-state index contributed by atoms with van der Waals surface area (Å²) in [5.74, 6) is 5.42. The molecule has 11 heteroatoms. The normalized spacial score (nSPS) is 10.0. The third-order valence-corrected chi connectivity index (χ3v) is 2.64. The molecule has 0 bridgehead atoms. The van der Waals surface area contributed by atoms with Crippen LogP contribution < -0.4 is 20.7 Å². The maximum Gasteiger partial charge on any atom is 0.330 e. The number of nitrogen functional groups attached to an aromatic ring is 1. The number of hydrogen-bond acceptors (Lipinski definition) is 9. The summed E-state index contributed by atoms with van der Waals surface area (Å²) in [6.45, 7) is 0. The van der Waals surface area contributed by atoms with Crippen molar-refractivity contribution in [1.29, 1.82) is 0 Å². The van der Waals surface area contributed by atoms with Crippen molar-refractivity contribution in [2.24, 2.45) is 5.84 Å². The average molecular weight is 357 g/mol. The lowest BCUT2D eigenvalue weighted by atomic mass is 10.3. The minimum atomic E-state index is -0.543. The van der Waals surface area contributed by atoms with Crippen molar-refractivity contribution in [3.8, 4) is 17.8 Å². The molecule has 0 atom stereocenters. The van der Waals surface area contributed by atoms with Crippen molar-refractivity contribution in [3.63, 3.8) is 0 Å². The fourth-order valence-electron chi connectivity index (χ4n) is 1.36. The highest BCUT2D eigenvalue weighted by Gasteiger charge is 2.13. The van der Waals surface area contributed by atoms with Crippen molar-refractivity contribution < 1.29 is 14.4 Å². The number of methoxy groups -OCH3 is 1. The summed E-state index contributed by atoms with van der Waals surface area (Å²) in [5.41, 5.74) is 2.09. The van der Waals surface area contributed by atoms with Crippen LogP contribution in [0.25, 0.3) is 0 Å². The number of ether oxygens (including phenoxy) is 2. The lowest BCUT2D eigenvalue weighted by Crippen LogP contribution is -2.12. The number of hydrogen-bond donors (Lipinski definition) is 2.